The van der Waals surface area contributed by atoms with Gasteiger partial charge in [0.2, 0.25) is 0 Å². The molecule has 1 aromatic heterocycles. The number of thiazole rings is 1. The summed E-state index contributed by atoms with van der Waals surface area (Å²) in [7, 11) is 0. The average molecular weight is 257 g/mol. The predicted molar refractivity (Wildman–Crippen MR) is 65.6 cm³/mol. The van der Waals surface area contributed by atoms with Gasteiger partial charge in [-0.25, -0.2) is 9.37 Å². The molecule has 0 radical (unpaired) electrons. The minimum atomic E-state index is -0.412. The van der Waals surface area contributed by atoms with Gasteiger partial charge >= 0.3 is 0 Å². The molecule has 0 aliphatic carbocycles. The first-order chi connectivity index (χ1) is 7.66. The number of benzene rings is 1. The molecule has 0 aliphatic rings. The predicted octanol–water partition coefficient (Wildman–Crippen LogP) is 3.86. The first-order valence-corrected chi connectivity index (χ1v) is 5.95. The molecule has 16 heavy (non-hydrogen) atoms. The van der Waals surface area contributed by atoms with Gasteiger partial charge < -0.3 is 5.32 Å². The fourth-order valence-corrected chi connectivity index (χ4v) is 2.22. The molecule has 0 unspecified atom stereocenters. The molecule has 0 bridgehead atoms. The van der Waals surface area contributed by atoms with E-state index in [2.05, 4.69) is 10.3 Å². The zero-order valence-electron chi connectivity index (χ0n) is 8.63. The first-order valence-electron chi connectivity index (χ1n) is 4.76. The van der Waals surface area contributed by atoms with E-state index in [1.807, 2.05) is 6.92 Å². The monoisotopic (exact) mass is 256 g/mol. The van der Waals surface area contributed by atoms with Crippen LogP contribution in [0.4, 0.5) is 10.1 Å². The maximum Gasteiger partial charge on any atom is 0.164 e. The second kappa shape index (κ2) is 4.80. The van der Waals surface area contributed by atoms with Crippen molar-refractivity contribution in [2.75, 3.05) is 5.32 Å². The molecule has 84 valence electrons. The normalized spacial score (nSPS) is 10.4. The van der Waals surface area contributed by atoms with Crippen molar-refractivity contribution in [2.24, 2.45) is 0 Å². The second-order valence-electron chi connectivity index (χ2n) is 3.30. The van der Waals surface area contributed by atoms with Crippen LogP contribution in [0, 0.1) is 12.7 Å². The van der Waals surface area contributed by atoms with E-state index in [4.69, 9.17) is 11.6 Å². The lowest BCUT2D eigenvalue weighted by Gasteiger charge is -2.06. The van der Waals surface area contributed by atoms with Crippen LogP contribution < -0.4 is 5.32 Å². The van der Waals surface area contributed by atoms with Gasteiger partial charge in [0, 0.05) is 11.1 Å². The Hall–Kier alpha value is -1.13. The van der Waals surface area contributed by atoms with Crippen LogP contribution in [0.1, 0.15) is 9.88 Å². The first kappa shape index (κ1) is 11.4. The molecule has 0 amide bonds. The highest BCUT2D eigenvalue weighted by Gasteiger charge is 2.06. The maximum absolute atomic E-state index is 13.5. The number of nitrogens with one attached hydrogen (secondary N) is 1. The van der Waals surface area contributed by atoms with E-state index in [-0.39, 0.29) is 5.02 Å². The summed E-state index contributed by atoms with van der Waals surface area (Å²) in [5.41, 5.74) is 0.415. The van der Waals surface area contributed by atoms with Crippen LogP contribution in [-0.4, -0.2) is 4.98 Å². The summed E-state index contributed by atoms with van der Waals surface area (Å²) in [4.78, 5) is 5.19. The zero-order valence-corrected chi connectivity index (χ0v) is 10.2. The van der Waals surface area contributed by atoms with Crippen LogP contribution in [0.3, 0.4) is 0 Å². The van der Waals surface area contributed by atoms with Gasteiger partial charge in [-0.1, -0.05) is 17.7 Å². The Balaban J connectivity index is 2.07. The van der Waals surface area contributed by atoms with E-state index >= 15 is 0 Å². The second-order valence-corrected chi connectivity index (χ2v) is 5.03. The van der Waals surface area contributed by atoms with E-state index in [9.17, 15) is 4.39 Å². The summed E-state index contributed by atoms with van der Waals surface area (Å²) in [5, 5.41) is 4.13. The Morgan fingerprint density at radius 1 is 1.50 bits per heavy atom. The van der Waals surface area contributed by atoms with Gasteiger partial charge in [0.15, 0.2) is 5.82 Å². The van der Waals surface area contributed by atoms with Crippen molar-refractivity contribution < 1.29 is 4.39 Å². The Bertz CT molecular complexity index is 498. The van der Waals surface area contributed by atoms with E-state index < -0.39 is 5.82 Å². The highest BCUT2D eigenvalue weighted by Crippen LogP contribution is 2.23. The number of aromatic nitrogens is 1. The number of anilines is 1. The van der Waals surface area contributed by atoms with Crippen molar-refractivity contribution in [3.05, 3.63) is 45.1 Å². The van der Waals surface area contributed by atoms with Gasteiger partial charge in [0.25, 0.3) is 0 Å². The van der Waals surface area contributed by atoms with Gasteiger partial charge in [-0.2, -0.15) is 0 Å². The highest BCUT2D eigenvalue weighted by molar-refractivity contribution is 7.11. The van der Waals surface area contributed by atoms with Crippen molar-refractivity contribution in [2.45, 2.75) is 13.5 Å². The average Bonchev–Trinajstić information content (AvgIpc) is 2.67. The van der Waals surface area contributed by atoms with Gasteiger partial charge in [-0.3, -0.25) is 0 Å². The Kier molecular flexibility index (Phi) is 3.41. The Morgan fingerprint density at radius 2 is 2.31 bits per heavy atom. The molecule has 2 rings (SSSR count). The number of aryl methyl sites for hydroxylation is 1. The number of halogens is 2. The molecule has 1 aromatic carbocycles. The number of rotatable bonds is 3. The molecule has 0 saturated heterocycles. The van der Waals surface area contributed by atoms with Gasteiger partial charge in [0.1, 0.15) is 0 Å². The van der Waals surface area contributed by atoms with Crippen LogP contribution in [0.15, 0.2) is 24.4 Å². The molecule has 0 saturated carbocycles. The van der Waals surface area contributed by atoms with Gasteiger partial charge in [-0.05, 0) is 19.1 Å². The van der Waals surface area contributed by atoms with E-state index in [0.717, 1.165) is 9.88 Å². The largest absolute Gasteiger partial charge is 0.378 e. The quantitative estimate of drug-likeness (QED) is 0.902. The summed E-state index contributed by atoms with van der Waals surface area (Å²) in [6, 6.07) is 4.90. The minimum Gasteiger partial charge on any atom is -0.378 e. The highest BCUT2D eigenvalue weighted by atomic mass is 35.5. The lowest BCUT2D eigenvalue weighted by Crippen LogP contribution is -1.99. The fourth-order valence-electron chi connectivity index (χ4n) is 1.31. The topological polar surface area (TPSA) is 24.9 Å². The molecule has 1 heterocycles. The molecule has 0 aliphatic heterocycles. The zero-order chi connectivity index (χ0) is 11.5. The van der Waals surface area contributed by atoms with Crippen molar-refractivity contribution in [1.82, 2.24) is 4.98 Å². The smallest absolute Gasteiger partial charge is 0.164 e. The van der Waals surface area contributed by atoms with Crippen LogP contribution in [0.25, 0.3) is 0 Å². The minimum absolute atomic E-state index is 0.130. The lowest BCUT2D eigenvalue weighted by molar-refractivity contribution is 0.630. The third kappa shape index (κ3) is 2.51. The third-order valence-corrected chi connectivity index (χ3v) is 3.28. The molecular formula is C11H10ClFN2S. The van der Waals surface area contributed by atoms with E-state index in [1.165, 1.54) is 6.07 Å². The standard InChI is InChI=1S/C11H10ClFN2S/c1-7-14-5-8(16-7)6-15-10-4-2-3-9(12)11(10)13/h2-5,15H,6H2,1H3. The number of hydrogen-bond donors (Lipinski definition) is 1. The maximum atomic E-state index is 13.5. The third-order valence-electron chi connectivity index (χ3n) is 2.07. The molecule has 2 aromatic rings. The van der Waals surface area contributed by atoms with Crippen LogP contribution in [-0.2, 0) is 6.54 Å². The van der Waals surface area contributed by atoms with Gasteiger partial charge in [0.05, 0.1) is 22.3 Å². The molecule has 5 heteroatoms. The van der Waals surface area contributed by atoms with E-state index in [0.29, 0.717) is 12.2 Å². The van der Waals surface area contributed by atoms with Crippen molar-refractivity contribution in [3.63, 3.8) is 0 Å². The van der Waals surface area contributed by atoms with E-state index in [1.54, 1.807) is 29.7 Å². The summed E-state index contributed by atoms with van der Waals surface area (Å²) >= 11 is 7.26. The Labute approximate surface area is 102 Å². The molecular weight excluding hydrogens is 247 g/mol. The summed E-state index contributed by atoms with van der Waals surface area (Å²) in [5.74, 6) is -0.412. The fraction of sp³-hybridized carbons (Fsp3) is 0.182. The Morgan fingerprint density at radius 3 is 3.00 bits per heavy atom. The lowest BCUT2D eigenvalue weighted by atomic mass is 10.3. The summed E-state index contributed by atoms with van der Waals surface area (Å²) in [6.45, 7) is 2.50. The van der Waals surface area contributed by atoms with Crippen molar-refractivity contribution in [3.8, 4) is 0 Å². The molecule has 1 N–H and O–H groups in total. The molecule has 0 fully saturated rings. The van der Waals surface area contributed by atoms with Crippen LogP contribution >= 0.6 is 22.9 Å². The molecule has 0 spiro atoms. The van der Waals surface area contributed by atoms with Crippen LogP contribution in [0.5, 0.6) is 0 Å². The summed E-state index contributed by atoms with van der Waals surface area (Å²) < 4.78 is 13.5. The molecule has 0 atom stereocenters. The van der Waals surface area contributed by atoms with Crippen molar-refractivity contribution >= 4 is 28.6 Å². The number of nitrogens with zero attached hydrogens (tertiary/aromatic N) is 1. The van der Waals surface area contributed by atoms with Gasteiger partial charge in [-0.15, -0.1) is 11.3 Å². The summed E-state index contributed by atoms with van der Waals surface area (Å²) in [6.07, 6.45) is 1.79. The number of hydrogen-bond acceptors (Lipinski definition) is 3. The SMILES string of the molecule is Cc1ncc(CNc2cccc(Cl)c2F)s1. The van der Waals surface area contributed by atoms with Crippen molar-refractivity contribution in [1.29, 1.82) is 0 Å². The molecule has 2 nitrogen and oxygen atoms in total. The van der Waals surface area contributed by atoms with Crippen LogP contribution in [0.2, 0.25) is 5.02 Å².